The molecule has 0 aromatic rings. The highest BCUT2D eigenvalue weighted by Crippen LogP contribution is 2.65. The van der Waals surface area contributed by atoms with Crippen molar-refractivity contribution in [3.8, 4) is 0 Å². The van der Waals surface area contributed by atoms with Crippen LogP contribution in [0.1, 0.15) is 85.0 Å². The van der Waals surface area contributed by atoms with Gasteiger partial charge in [0.05, 0.1) is 5.60 Å². The van der Waals surface area contributed by atoms with Crippen molar-refractivity contribution in [2.75, 3.05) is 6.61 Å². The molecule has 0 radical (unpaired) electrons. The molecule has 0 aromatic heterocycles. The van der Waals surface area contributed by atoms with Gasteiger partial charge in [0.15, 0.2) is 0 Å². The number of hydrogen-bond donors (Lipinski definition) is 2. The summed E-state index contributed by atoms with van der Waals surface area (Å²) in [5.41, 5.74) is 0.126. The van der Waals surface area contributed by atoms with Crippen LogP contribution < -0.4 is 0 Å². The summed E-state index contributed by atoms with van der Waals surface area (Å²) in [5.74, 6) is 5.65. The summed E-state index contributed by atoms with van der Waals surface area (Å²) in [4.78, 5) is 0. The van der Waals surface area contributed by atoms with E-state index in [2.05, 4.69) is 20.8 Å². The van der Waals surface area contributed by atoms with E-state index in [1.807, 2.05) is 0 Å². The molecule has 0 aromatic carbocycles. The van der Waals surface area contributed by atoms with E-state index in [1.54, 1.807) is 0 Å². The first-order valence-corrected chi connectivity index (χ1v) is 11.2. The van der Waals surface area contributed by atoms with Crippen LogP contribution in [0, 0.1) is 46.8 Å². The Bertz CT molecular complexity index is 490. The van der Waals surface area contributed by atoms with Gasteiger partial charge in [0.25, 0.3) is 0 Å². The molecule has 1 unspecified atom stereocenters. The average Bonchev–Trinajstić information content (AvgIpc) is 2.98. The lowest BCUT2D eigenvalue weighted by Crippen LogP contribution is -2.51. The topological polar surface area (TPSA) is 40.5 Å². The lowest BCUT2D eigenvalue weighted by molar-refractivity contribution is -0.110. The molecular weight excluding hydrogens is 308 g/mol. The lowest BCUT2D eigenvalue weighted by Gasteiger charge is -2.57. The number of fused-ring (bicyclic) bond motifs is 5. The van der Waals surface area contributed by atoms with Crippen molar-refractivity contribution >= 4 is 0 Å². The molecule has 25 heavy (non-hydrogen) atoms. The summed E-state index contributed by atoms with van der Waals surface area (Å²) in [6.45, 7) is 7.37. The molecule has 2 heteroatoms. The number of aliphatic hydroxyl groups excluding tert-OH is 1. The van der Waals surface area contributed by atoms with Crippen LogP contribution in [-0.2, 0) is 0 Å². The van der Waals surface area contributed by atoms with Crippen molar-refractivity contribution in [3.05, 3.63) is 0 Å². The van der Waals surface area contributed by atoms with E-state index in [-0.39, 0.29) is 5.60 Å². The number of rotatable bonds is 3. The SMILES string of the molecule is CC[C@@]1(O)CC[C@H]2[C@@H](CC[C@@H]3[C@@H]2CC[C@]2(C)[C@@H](C(C)CO)CC[C@@H]32)C1. The van der Waals surface area contributed by atoms with E-state index in [0.29, 0.717) is 17.9 Å². The maximum atomic E-state index is 10.8. The first-order chi connectivity index (χ1) is 11.9. The molecule has 4 aliphatic carbocycles. The average molecular weight is 349 g/mol. The Balaban J connectivity index is 1.51. The predicted molar refractivity (Wildman–Crippen MR) is 102 cm³/mol. The third-order valence-corrected chi connectivity index (χ3v) is 9.81. The van der Waals surface area contributed by atoms with E-state index in [1.165, 1.54) is 44.9 Å². The van der Waals surface area contributed by atoms with Gasteiger partial charge >= 0.3 is 0 Å². The molecule has 0 heterocycles. The maximum Gasteiger partial charge on any atom is 0.0648 e. The molecule has 4 saturated carbocycles. The van der Waals surface area contributed by atoms with Crippen molar-refractivity contribution in [3.63, 3.8) is 0 Å². The molecule has 0 bridgehead atoms. The van der Waals surface area contributed by atoms with Gasteiger partial charge in [0.1, 0.15) is 0 Å². The van der Waals surface area contributed by atoms with E-state index >= 15 is 0 Å². The minimum Gasteiger partial charge on any atom is -0.396 e. The van der Waals surface area contributed by atoms with Crippen LogP contribution in [0.3, 0.4) is 0 Å². The highest BCUT2D eigenvalue weighted by atomic mass is 16.3. The number of hydrogen-bond acceptors (Lipinski definition) is 2. The van der Waals surface area contributed by atoms with Crippen molar-refractivity contribution < 1.29 is 10.2 Å². The minimum absolute atomic E-state index is 0.355. The Morgan fingerprint density at radius 2 is 1.72 bits per heavy atom. The first-order valence-electron chi connectivity index (χ1n) is 11.2. The Kier molecular flexibility index (Phi) is 4.77. The third kappa shape index (κ3) is 2.81. The zero-order chi connectivity index (χ0) is 17.8. The van der Waals surface area contributed by atoms with Gasteiger partial charge in [-0.05, 0) is 111 Å². The highest BCUT2D eigenvalue weighted by molar-refractivity contribution is 5.07. The second kappa shape index (κ2) is 6.51. The van der Waals surface area contributed by atoms with Gasteiger partial charge in [0.2, 0.25) is 0 Å². The normalized spacial score (nSPS) is 53.6. The fraction of sp³-hybridized carbons (Fsp3) is 1.00. The van der Waals surface area contributed by atoms with Crippen LogP contribution >= 0.6 is 0 Å². The molecule has 4 aliphatic rings. The predicted octanol–water partition coefficient (Wildman–Crippen LogP) is 5.02. The van der Waals surface area contributed by atoms with Crippen LogP contribution in [0.2, 0.25) is 0 Å². The Hall–Kier alpha value is -0.0800. The van der Waals surface area contributed by atoms with Gasteiger partial charge in [-0.1, -0.05) is 20.8 Å². The van der Waals surface area contributed by atoms with E-state index in [4.69, 9.17) is 0 Å². The standard InChI is InChI=1S/C23H40O2/c1-4-23(25)12-10-17-16(13-23)5-6-19-18(17)9-11-22(3)20(15(2)14-24)7-8-21(19)22/h15-21,24-25H,4-14H2,1-3H3/t15?,16-,17-,18+,19+,20+,21-,22+,23+/m0/s1. The quantitative estimate of drug-likeness (QED) is 0.751. The first kappa shape index (κ1) is 18.3. The molecule has 0 saturated heterocycles. The molecule has 144 valence electrons. The summed E-state index contributed by atoms with van der Waals surface area (Å²) in [5, 5.41) is 20.5. The smallest absolute Gasteiger partial charge is 0.0648 e. The van der Waals surface area contributed by atoms with Crippen molar-refractivity contribution in [1.29, 1.82) is 0 Å². The fourth-order valence-corrected chi connectivity index (χ4v) is 8.39. The molecule has 4 fully saturated rings. The Morgan fingerprint density at radius 1 is 0.960 bits per heavy atom. The van der Waals surface area contributed by atoms with Crippen molar-refractivity contribution in [2.45, 2.75) is 90.6 Å². The van der Waals surface area contributed by atoms with Gasteiger partial charge in [0, 0.05) is 6.61 Å². The summed E-state index contributed by atoms with van der Waals surface area (Å²) in [6.07, 6.45) is 12.6. The minimum atomic E-state index is -0.355. The maximum absolute atomic E-state index is 10.8. The van der Waals surface area contributed by atoms with E-state index in [0.717, 1.165) is 54.8 Å². The van der Waals surface area contributed by atoms with Crippen LogP contribution in [-0.4, -0.2) is 22.4 Å². The fourth-order valence-electron chi connectivity index (χ4n) is 8.39. The van der Waals surface area contributed by atoms with E-state index < -0.39 is 0 Å². The molecule has 0 amide bonds. The van der Waals surface area contributed by atoms with Crippen LogP contribution in [0.5, 0.6) is 0 Å². The van der Waals surface area contributed by atoms with Gasteiger partial charge in [-0.2, -0.15) is 0 Å². The summed E-state index contributed by atoms with van der Waals surface area (Å²) in [7, 11) is 0. The van der Waals surface area contributed by atoms with Gasteiger partial charge in [-0.15, -0.1) is 0 Å². The van der Waals surface area contributed by atoms with Crippen LogP contribution in [0.25, 0.3) is 0 Å². The zero-order valence-electron chi connectivity index (χ0n) is 16.7. The monoisotopic (exact) mass is 348 g/mol. The zero-order valence-corrected chi connectivity index (χ0v) is 16.7. The molecule has 0 aliphatic heterocycles. The summed E-state index contributed by atoms with van der Waals surface area (Å²) < 4.78 is 0. The Labute approximate surface area is 154 Å². The van der Waals surface area contributed by atoms with Gasteiger partial charge < -0.3 is 10.2 Å². The van der Waals surface area contributed by atoms with Crippen LogP contribution in [0.4, 0.5) is 0 Å². The molecule has 2 nitrogen and oxygen atoms in total. The van der Waals surface area contributed by atoms with E-state index in [9.17, 15) is 10.2 Å². The molecule has 9 atom stereocenters. The summed E-state index contributed by atoms with van der Waals surface area (Å²) in [6, 6.07) is 0. The molecular formula is C23H40O2. The molecule has 4 rings (SSSR count). The Morgan fingerprint density at radius 3 is 2.44 bits per heavy atom. The highest BCUT2D eigenvalue weighted by Gasteiger charge is 2.58. The van der Waals surface area contributed by atoms with Gasteiger partial charge in [-0.25, -0.2) is 0 Å². The van der Waals surface area contributed by atoms with Crippen molar-refractivity contribution in [1.82, 2.24) is 0 Å². The lowest BCUT2D eigenvalue weighted by atomic mass is 9.48. The second-order valence-corrected chi connectivity index (χ2v) is 10.6. The van der Waals surface area contributed by atoms with Gasteiger partial charge in [-0.3, -0.25) is 0 Å². The third-order valence-electron chi connectivity index (χ3n) is 9.81. The largest absolute Gasteiger partial charge is 0.396 e. The molecule has 2 N–H and O–H groups in total. The summed E-state index contributed by atoms with van der Waals surface area (Å²) >= 11 is 0. The number of aliphatic hydroxyl groups is 2. The van der Waals surface area contributed by atoms with Crippen molar-refractivity contribution in [2.24, 2.45) is 46.8 Å². The second-order valence-electron chi connectivity index (χ2n) is 10.6. The molecule has 0 spiro atoms. The van der Waals surface area contributed by atoms with Crippen LogP contribution in [0.15, 0.2) is 0 Å².